The highest BCUT2D eigenvalue weighted by atomic mass is 16.3. The maximum Gasteiger partial charge on any atom is 0.0682 e. The van der Waals surface area contributed by atoms with E-state index in [0.717, 1.165) is 48.9 Å². The second-order valence-electron chi connectivity index (χ2n) is 12.4. The zero-order chi connectivity index (χ0) is 21.0. The summed E-state index contributed by atoms with van der Waals surface area (Å²) in [7, 11) is 0. The van der Waals surface area contributed by atoms with Gasteiger partial charge in [0, 0.05) is 0 Å². The predicted molar refractivity (Wildman–Crippen MR) is 124 cm³/mol. The quantitative estimate of drug-likeness (QED) is 0.467. The summed E-state index contributed by atoms with van der Waals surface area (Å²) in [6.07, 6.45) is 16.7. The van der Waals surface area contributed by atoms with Crippen molar-refractivity contribution in [2.75, 3.05) is 0 Å². The van der Waals surface area contributed by atoms with Gasteiger partial charge in [0.1, 0.15) is 0 Å². The Morgan fingerprint density at radius 1 is 1.07 bits per heavy atom. The number of aliphatic hydroxyl groups is 1. The van der Waals surface area contributed by atoms with E-state index >= 15 is 0 Å². The van der Waals surface area contributed by atoms with E-state index in [1.54, 1.807) is 5.57 Å². The van der Waals surface area contributed by atoms with Crippen molar-refractivity contribution in [1.82, 2.24) is 0 Å². The zero-order valence-corrected chi connectivity index (χ0v) is 20.3. The molecule has 3 fully saturated rings. The van der Waals surface area contributed by atoms with Crippen LogP contribution in [0, 0.1) is 46.3 Å². The molecule has 29 heavy (non-hydrogen) atoms. The van der Waals surface area contributed by atoms with E-state index in [4.69, 9.17) is 0 Å². The summed E-state index contributed by atoms with van der Waals surface area (Å²) in [5.74, 6) is 5.18. The first-order chi connectivity index (χ1) is 13.7. The highest BCUT2D eigenvalue weighted by Crippen LogP contribution is 2.68. The lowest BCUT2D eigenvalue weighted by atomic mass is 9.44. The van der Waals surface area contributed by atoms with Gasteiger partial charge in [-0.2, -0.15) is 0 Å². The van der Waals surface area contributed by atoms with Crippen molar-refractivity contribution in [3.05, 3.63) is 11.6 Å². The van der Waals surface area contributed by atoms with Gasteiger partial charge in [-0.15, -0.1) is 0 Å². The Morgan fingerprint density at radius 2 is 1.83 bits per heavy atom. The molecule has 1 nitrogen and oxygen atoms in total. The molecule has 0 heterocycles. The molecule has 0 saturated heterocycles. The average Bonchev–Trinajstić information content (AvgIpc) is 3.05. The van der Waals surface area contributed by atoms with Crippen LogP contribution in [0.5, 0.6) is 0 Å². The molecule has 166 valence electrons. The van der Waals surface area contributed by atoms with Gasteiger partial charge in [-0.3, -0.25) is 0 Å². The van der Waals surface area contributed by atoms with Crippen LogP contribution >= 0.6 is 0 Å². The smallest absolute Gasteiger partial charge is 0.0682 e. The lowest BCUT2D eigenvalue weighted by Gasteiger charge is -2.61. The minimum Gasteiger partial charge on any atom is -0.390 e. The Balaban J connectivity index is 1.61. The predicted octanol–water partition coefficient (Wildman–Crippen LogP) is 7.78. The van der Waals surface area contributed by atoms with Crippen LogP contribution in [-0.2, 0) is 0 Å². The molecular formula is C28H48O. The fourth-order valence-electron chi connectivity index (χ4n) is 9.07. The summed E-state index contributed by atoms with van der Waals surface area (Å²) in [6, 6.07) is 0. The first-order valence-electron chi connectivity index (χ1n) is 13.1. The fraction of sp³-hybridized carbons (Fsp3) is 0.929. The molecule has 0 amide bonds. The summed E-state index contributed by atoms with van der Waals surface area (Å²) in [6.45, 7) is 14.9. The van der Waals surface area contributed by atoms with Gasteiger partial charge >= 0.3 is 0 Å². The average molecular weight is 401 g/mol. The van der Waals surface area contributed by atoms with Crippen LogP contribution in [0.3, 0.4) is 0 Å². The van der Waals surface area contributed by atoms with Crippen molar-refractivity contribution >= 4 is 0 Å². The minimum absolute atomic E-state index is 0.353. The summed E-state index contributed by atoms with van der Waals surface area (Å²) < 4.78 is 0. The lowest BCUT2D eigenvalue weighted by molar-refractivity contribution is -0.0879. The molecule has 0 unspecified atom stereocenters. The number of fused-ring (bicyclic) bond motifs is 5. The summed E-state index contributed by atoms with van der Waals surface area (Å²) in [5.41, 5.74) is 2.11. The second-order valence-corrected chi connectivity index (χ2v) is 12.4. The largest absolute Gasteiger partial charge is 0.390 e. The molecule has 0 bridgehead atoms. The van der Waals surface area contributed by atoms with Gasteiger partial charge in [0.2, 0.25) is 0 Å². The van der Waals surface area contributed by atoms with Crippen LogP contribution in [0.4, 0.5) is 0 Å². The number of hydrogen-bond donors (Lipinski definition) is 1. The molecule has 4 rings (SSSR count). The minimum atomic E-state index is -0.436. The normalized spacial score (nSPS) is 50.3. The highest BCUT2D eigenvalue weighted by molar-refractivity contribution is 5.28. The van der Waals surface area contributed by atoms with Gasteiger partial charge in [-0.25, -0.2) is 0 Å². The number of unbranched alkanes of at least 4 members (excludes halogenated alkanes) is 1. The summed E-state index contributed by atoms with van der Waals surface area (Å²) >= 11 is 0. The molecule has 0 spiro atoms. The van der Waals surface area contributed by atoms with Crippen molar-refractivity contribution in [1.29, 1.82) is 0 Å². The van der Waals surface area contributed by atoms with Gasteiger partial charge in [0.15, 0.2) is 0 Å². The molecule has 0 aromatic heterocycles. The van der Waals surface area contributed by atoms with Crippen molar-refractivity contribution in [2.45, 2.75) is 118 Å². The van der Waals surface area contributed by atoms with Crippen molar-refractivity contribution in [3.8, 4) is 0 Å². The highest BCUT2D eigenvalue weighted by Gasteiger charge is 2.61. The fourth-order valence-corrected chi connectivity index (χ4v) is 9.07. The molecule has 4 aliphatic rings. The summed E-state index contributed by atoms with van der Waals surface area (Å²) in [5, 5.41) is 11.0. The molecular weight excluding hydrogens is 352 g/mol. The first kappa shape index (κ1) is 21.9. The van der Waals surface area contributed by atoms with Gasteiger partial charge in [0.25, 0.3) is 0 Å². The third kappa shape index (κ3) is 3.37. The van der Waals surface area contributed by atoms with E-state index in [1.807, 2.05) is 0 Å². The molecule has 9 atom stereocenters. The molecule has 1 N–H and O–H groups in total. The monoisotopic (exact) mass is 400 g/mol. The number of allylic oxidation sites excluding steroid dienone is 1. The SMILES string of the molecule is CCCC[C@@H](C)[C@H]1CC[C@H]2[C@@H]3[C@H](C)C=C4C[C@](O)(CC)CC[C@]4(C)[C@H]3CC[C@]12C. The van der Waals surface area contributed by atoms with Crippen LogP contribution in [0.1, 0.15) is 112 Å². The van der Waals surface area contributed by atoms with Crippen molar-refractivity contribution in [2.24, 2.45) is 46.3 Å². The molecule has 0 aromatic carbocycles. The maximum absolute atomic E-state index is 11.0. The van der Waals surface area contributed by atoms with Crippen LogP contribution < -0.4 is 0 Å². The zero-order valence-electron chi connectivity index (χ0n) is 20.3. The Labute approximate surface area is 181 Å². The second kappa shape index (κ2) is 7.68. The Morgan fingerprint density at radius 3 is 2.52 bits per heavy atom. The Bertz CT molecular complexity index is 636. The topological polar surface area (TPSA) is 20.2 Å². The third-order valence-electron chi connectivity index (χ3n) is 11.0. The number of hydrogen-bond acceptors (Lipinski definition) is 1. The Hall–Kier alpha value is -0.300. The molecule has 1 heteroatoms. The van der Waals surface area contributed by atoms with Gasteiger partial charge in [-0.05, 0) is 97.7 Å². The van der Waals surface area contributed by atoms with E-state index in [-0.39, 0.29) is 0 Å². The summed E-state index contributed by atoms with van der Waals surface area (Å²) in [4.78, 5) is 0. The number of rotatable bonds is 5. The Kier molecular flexibility index (Phi) is 5.81. The van der Waals surface area contributed by atoms with Crippen LogP contribution in [0.2, 0.25) is 0 Å². The molecule has 0 aliphatic heterocycles. The molecule has 3 saturated carbocycles. The van der Waals surface area contributed by atoms with E-state index in [2.05, 4.69) is 47.6 Å². The first-order valence-corrected chi connectivity index (χ1v) is 13.1. The van der Waals surface area contributed by atoms with E-state index < -0.39 is 5.60 Å². The van der Waals surface area contributed by atoms with Crippen LogP contribution in [0.15, 0.2) is 11.6 Å². The van der Waals surface area contributed by atoms with Crippen molar-refractivity contribution < 1.29 is 5.11 Å². The van der Waals surface area contributed by atoms with E-state index in [0.29, 0.717) is 16.7 Å². The molecule has 0 radical (unpaired) electrons. The lowest BCUT2D eigenvalue weighted by Crippen LogP contribution is -2.54. The third-order valence-corrected chi connectivity index (χ3v) is 11.0. The molecule has 0 aromatic rings. The van der Waals surface area contributed by atoms with Gasteiger partial charge in [-0.1, -0.05) is 72.5 Å². The van der Waals surface area contributed by atoms with Crippen LogP contribution in [0.25, 0.3) is 0 Å². The van der Waals surface area contributed by atoms with E-state index in [1.165, 1.54) is 51.4 Å². The molecule has 4 aliphatic carbocycles. The van der Waals surface area contributed by atoms with Crippen LogP contribution in [-0.4, -0.2) is 10.7 Å². The standard InChI is InChI=1S/C28H48O/c1-7-9-10-19(3)22-11-12-23-25-20(4)17-21-18-28(29,8-2)16-15-26(21,5)24(25)13-14-27(22,23)6/h17,19-20,22-25,29H,7-16,18H2,1-6H3/t19-,20-,22-,23+,24+,25+,26+,27-,28+/m1/s1. The van der Waals surface area contributed by atoms with E-state index in [9.17, 15) is 5.11 Å². The maximum atomic E-state index is 11.0. The van der Waals surface area contributed by atoms with Gasteiger partial charge in [0.05, 0.1) is 5.60 Å². The van der Waals surface area contributed by atoms with Crippen molar-refractivity contribution in [3.63, 3.8) is 0 Å². The van der Waals surface area contributed by atoms with Gasteiger partial charge < -0.3 is 5.11 Å².